The lowest BCUT2D eigenvalue weighted by atomic mass is 9.94. The first-order valence-corrected chi connectivity index (χ1v) is 8.20. The van der Waals surface area contributed by atoms with Crippen LogP contribution < -0.4 is 0 Å². The van der Waals surface area contributed by atoms with Gasteiger partial charge in [-0.3, -0.25) is 4.68 Å². The van der Waals surface area contributed by atoms with Gasteiger partial charge in [-0.1, -0.05) is 0 Å². The summed E-state index contributed by atoms with van der Waals surface area (Å²) in [5.74, 6) is -1.12. The van der Waals surface area contributed by atoms with Crippen LogP contribution in [0.15, 0.2) is 6.20 Å². The molecule has 1 N–H and O–H groups in total. The maximum absolute atomic E-state index is 11.9. The SMILES string of the molecule is CCS(=O)(=O)N1CCCC(c2nn(C)cc2C(=O)O)C1. The second-order valence-electron chi connectivity index (χ2n) is 5.00. The topological polar surface area (TPSA) is 92.5 Å². The molecule has 7 nitrogen and oxygen atoms in total. The second-order valence-corrected chi connectivity index (χ2v) is 7.26. The number of carboxylic acid groups (broad SMARTS) is 1. The fraction of sp³-hybridized carbons (Fsp3) is 0.667. The van der Waals surface area contributed by atoms with Crippen molar-refractivity contribution in [2.45, 2.75) is 25.7 Å². The molecule has 1 atom stereocenters. The van der Waals surface area contributed by atoms with E-state index in [1.54, 1.807) is 14.0 Å². The number of carboxylic acids is 1. The zero-order valence-corrected chi connectivity index (χ0v) is 12.4. The summed E-state index contributed by atoms with van der Waals surface area (Å²) < 4.78 is 26.8. The van der Waals surface area contributed by atoms with Crippen molar-refractivity contribution >= 4 is 16.0 Å². The number of sulfonamides is 1. The third kappa shape index (κ3) is 2.85. The zero-order valence-electron chi connectivity index (χ0n) is 11.6. The van der Waals surface area contributed by atoms with Crippen LogP contribution >= 0.6 is 0 Å². The Morgan fingerprint density at radius 3 is 2.85 bits per heavy atom. The summed E-state index contributed by atoms with van der Waals surface area (Å²) in [6.07, 6.45) is 2.94. The van der Waals surface area contributed by atoms with Crippen LogP contribution in [0.2, 0.25) is 0 Å². The van der Waals surface area contributed by atoms with Crippen LogP contribution in [0.5, 0.6) is 0 Å². The highest BCUT2D eigenvalue weighted by molar-refractivity contribution is 7.89. The smallest absolute Gasteiger partial charge is 0.339 e. The van der Waals surface area contributed by atoms with Crippen molar-refractivity contribution < 1.29 is 18.3 Å². The lowest BCUT2D eigenvalue weighted by Crippen LogP contribution is -2.40. The summed E-state index contributed by atoms with van der Waals surface area (Å²) in [5.41, 5.74) is 0.643. The van der Waals surface area contributed by atoms with E-state index in [-0.39, 0.29) is 17.2 Å². The van der Waals surface area contributed by atoms with Crippen LogP contribution in [0.1, 0.15) is 41.7 Å². The van der Waals surface area contributed by atoms with Crippen molar-refractivity contribution in [1.82, 2.24) is 14.1 Å². The van der Waals surface area contributed by atoms with Crippen LogP contribution in [0.25, 0.3) is 0 Å². The van der Waals surface area contributed by atoms with Gasteiger partial charge in [0.05, 0.1) is 11.4 Å². The van der Waals surface area contributed by atoms with Crippen LogP contribution in [0, 0.1) is 0 Å². The number of carbonyl (C=O) groups is 1. The molecule has 0 amide bonds. The van der Waals surface area contributed by atoms with Gasteiger partial charge in [-0.15, -0.1) is 0 Å². The van der Waals surface area contributed by atoms with E-state index >= 15 is 0 Å². The van der Waals surface area contributed by atoms with Crippen molar-refractivity contribution in [3.63, 3.8) is 0 Å². The molecule has 1 unspecified atom stereocenters. The Kier molecular flexibility index (Phi) is 4.14. The first-order chi connectivity index (χ1) is 9.35. The normalized spacial score (nSPS) is 21.0. The lowest BCUT2D eigenvalue weighted by Gasteiger charge is -2.31. The van der Waals surface area contributed by atoms with Gasteiger partial charge in [-0.05, 0) is 19.8 Å². The van der Waals surface area contributed by atoms with E-state index < -0.39 is 16.0 Å². The van der Waals surface area contributed by atoms with Crippen molar-refractivity contribution in [2.75, 3.05) is 18.8 Å². The fourth-order valence-electron chi connectivity index (χ4n) is 2.57. The molecule has 0 aromatic carbocycles. The van der Waals surface area contributed by atoms with Gasteiger partial charge in [0.2, 0.25) is 10.0 Å². The van der Waals surface area contributed by atoms with Crippen LogP contribution in [0.4, 0.5) is 0 Å². The predicted octanol–water partition coefficient (Wildman–Crippen LogP) is 0.647. The molecule has 0 radical (unpaired) electrons. The number of nitrogens with zero attached hydrogens (tertiary/aromatic N) is 3. The number of rotatable bonds is 4. The molecule has 1 aliphatic heterocycles. The van der Waals surface area contributed by atoms with Crippen molar-refractivity contribution in [2.24, 2.45) is 7.05 Å². The average Bonchev–Trinajstić information content (AvgIpc) is 2.81. The second kappa shape index (κ2) is 5.53. The molecule has 2 heterocycles. The molecule has 1 aromatic rings. The van der Waals surface area contributed by atoms with Gasteiger partial charge >= 0.3 is 5.97 Å². The first kappa shape index (κ1) is 15.0. The molecule has 0 bridgehead atoms. The van der Waals surface area contributed by atoms with E-state index in [2.05, 4.69) is 5.10 Å². The molecule has 20 heavy (non-hydrogen) atoms. The standard InChI is InChI=1S/C12H19N3O4S/c1-3-20(18,19)15-6-4-5-9(7-15)11-10(12(16)17)8-14(2)13-11/h8-9H,3-7H2,1-2H3,(H,16,17). The van der Waals surface area contributed by atoms with E-state index in [0.29, 0.717) is 18.8 Å². The van der Waals surface area contributed by atoms with Gasteiger partial charge in [0.1, 0.15) is 5.56 Å². The first-order valence-electron chi connectivity index (χ1n) is 6.59. The van der Waals surface area contributed by atoms with E-state index in [1.807, 2.05) is 0 Å². The molecule has 0 saturated carbocycles. The minimum Gasteiger partial charge on any atom is -0.478 e. The van der Waals surface area contributed by atoms with E-state index in [9.17, 15) is 18.3 Å². The third-order valence-electron chi connectivity index (χ3n) is 3.62. The average molecular weight is 301 g/mol. The predicted molar refractivity (Wildman–Crippen MR) is 73.2 cm³/mol. The van der Waals surface area contributed by atoms with Crippen molar-refractivity contribution in [3.8, 4) is 0 Å². The summed E-state index contributed by atoms with van der Waals surface area (Å²) >= 11 is 0. The molecule has 0 spiro atoms. The van der Waals surface area contributed by atoms with Gasteiger partial charge in [-0.25, -0.2) is 17.5 Å². The van der Waals surface area contributed by atoms with Gasteiger partial charge in [-0.2, -0.15) is 5.10 Å². The van der Waals surface area contributed by atoms with E-state index in [4.69, 9.17) is 0 Å². The number of aromatic carboxylic acids is 1. The quantitative estimate of drug-likeness (QED) is 0.881. The number of hydrogen-bond donors (Lipinski definition) is 1. The molecule has 8 heteroatoms. The maximum atomic E-state index is 11.9. The Labute approximate surface area is 118 Å². The summed E-state index contributed by atoms with van der Waals surface area (Å²) in [5, 5.41) is 13.4. The molecule has 1 fully saturated rings. The molecular weight excluding hydrogens is 282 g/mol. The van der Waals surface area contributed by atoms with Crippen LogP contribution in [-0.2, 0) is 17.1 Å². The molecular formula is C12H19N3O4S. The third-order valence-corrected chi connectivity index (χ3v) is 5.46. The van der Waals surface area contributed by atoms with Gasteiger partial charge in [0.25, 0.3) is 0 Å². The van der Waals surface area contributed by atoms with Crippen LogP contribution in [-0.4, -0.2) is 52.4 Å². The Balaban J connectivity index is 2.28. The fourth-order valence-corrected chi connectivity index (χ4v) is 3.75. The molecule has 1 saturated heterocycles. The summed E-state index contributed by atoms with van der Waals surface area (Å²) in [4.78, 5) is 11.2. The largest absolute Gasteiger partial charge is 0.478 e. The monoisotopic (exact) mass is 301 g/mol. The highest BCUT2D eigenvalue weighted by atomic mass is 32.2. The number of hydrogen-bond acceptors (Lipinski definition) is 4. The highest BCUT2D eigenvalue weighted by Crippen LogP contribution is 2.29. The molecule has 112 valence electrons. The maximum Gasteiger partial charge on any atom is 0.339 e. The Morgan fingerprint density at radius 2 is 2.25 bits per heavy atom. The highest BCUT2D eigenvalue weighted by Gasteiger charge is 2.32. The number of aryl methyl sites for hydroxylation is 1. The van der Waals surface area contributed by atoms with Crippen molar-refractivity contribution in [3.05, 3.63) is 17.5 Å². The number of aromatic nitrogens is 2. The van der Waals surface area contributed by atoms with Gasteiger partial charge in [0.15, 0.2) is 0 Å². The number of piperidine rings is 1. The lowest BCUT2D eigenvalue weighted by molar-refractivity contribution is 0.0694. The summed E-state index contributed by atoms with van der Waals surface area (Å²) in [6.45, 7) is 2.43. The molecule has 0 aliphatic carbocycles. The minimum absolute atomic E-state index is 0.0632. The van der Waals surface area contributed by atoms with E-state index in [1.165, 1.54) is 15.2 Å². The minimum atomic E-state index is -3.24. The Bertz CT molecular complexity index is 608. The van der Waals surface area contributed by atoms with Gasteiger partial charge < -0.3 is 5.11 Å². The Hall–Kier alpha value is -1.41. The summed E-state index contributed by atoms with van der Waals surface area (Å²) in [6, 6.07) is 0. The zero-order chi connectivity index (χ0) is 14.9. The molecule has 2 rings (SSSR count). The van der Waals surface area contributed by atoms with Crippen LogP contribution in [0.3, 0.4) is 0 Å². The summed E-state index contributed by atoms with van der Waals surface area (Å²) in [7, 11) is -1.57. The van der Waals surface area contributed by atoms with Gasteiger partial charge in [0, 0.05) is 32.3 Å². The molecule has 1 aromatic heterocycles. The van der Waals surface area contributed by atoms with Crippen molar-refractivity contribution in [1.29, 1.82) is 0 Å². The van der Waals surface area contributed by atoms with E-state index in [0.717, 1.165) is 12.8 Å². The molecule has 1 aliphatic rings. The Morgan fingerprint density at radius 1 is 1.55 bits per heavy atom.